The predicted molar refractivity (Wildman–Crippen MR) is 44.5 cm³/mol. The third-order valence-electron chi connectivity index (χ3n) is 1.63. The molecule has 2 N–H and O–H groups in total. The SMILES string of the molecule is O=C(O)c1nc(C(F)F)c(O)cc1OC(F)(F)F. The molecule has 0 saturated heterocycles. The molecule has 0 fully saturated rings. The van der Waals surface area contributed by atoms with Gasteiger partial charge in [-0.25, -0.2) is 18.6 Å². The number of rotatable bonds is 3. The van der Waals surface area contributed by atoms with Gasteiger partial charge in [-0.05, 0) is 0 Å². The van der Waals surface area contributed by atoms with Gasteiger partial charge < -0.3 is 14.9 Å². The molecule has 1 aromatic heterocycles. The Morgan fingerprint density at radius 1 is 1.39 bits per heavy atom. The molecule has 0 radical (unpaired) electrons. The fourth-order valence-electron chi connectivity index (χ4n) is 1.02. The van der Waals surface area contributed by atoms with Crippen molar-refractivity contribution in [2.75, 3.05) is 0 Å². The molecule has 0 spiro atoms. The summed E-state index contributed by atoms with van der Waals surface area (Å²) < 4.78 is 63.5. The number of ether oxygens (including phenoxy) is 1. The summed E-state index contributed by atoms with van der Waals surface area (Å²) in [4.78, 5) is 13.3. The Hall–Kier alpha value is -2.13. The van der Waals surface area contributed by atoms with Crippen molar-refractivity contribution in [3.63, 3.8) is 0 Å². The van der Waals surface area contributed by atoms with Crippen LogP contribution in [0.2, 0.25) is 0 Å². The second kappa shape index (κ2) is 4.63. The lowest BCUT2D eigenvalue weighted by Crippen LogP contribution is -2.20. The Morgan fingerprint density at radius 2 is 1.94 bits per heavy atom. The van der Waals surface area contributed by atoms with E-state index in [4.69, 9.17) is 10.2 Å². The summed E-state index contributed by atoms with van der Waals surface area (Å²) in [5.41, 5.74) is -2.72. The quantitative estimate of drug-likeness (QED) is 0.826. The average molecular weight is 273 g/mol. The number of aromatic nitrogens is 1. The Bertz CT molecular complexity index is 473. The van der Waals surface area contributed by atoms with E-state index >= 15 is 0 Å². The molecule has 0 aliphatic rings. The molecule has 0 aliphatic carbocycles. The summed E-state index contributed by atoms with van der Waals surface area (Å²) >= 11 is 0. The monoisotopic (exact) mass is 273 g/mol. The van der Waals surface area contributed by atoms with Gasteiger partial charge in [0.1, 0.15) is 11.4 Å². The number of carbonyl (C=O) groups is 1. The third kappa shape index (κ3) is 3.18. The number of alkyl halides is 5. The summed E-state index contributed by atoms with van der Waals surface area (Å²) in [7, 11) is 0. The summed E-state index contributed by atoms with van der Waals surface area (Å²) in [6, 6.07) is 0.117. The van der Waals surface area contributed by atoms with E-state index in [0.29, 0.717) is 0 Å². The number of carboxylic acids is 1. The molecule has 0 bridgehead atoms. The Balaban J connectivity index is 3.34. The maximum atomic E-state index is 12.3. The average Bonchev–Trinajstić information content (AvgIpc) is 2.13. The number of aromatic carboxylic acids is 1. The Kier molecular flexibility index (Phi) is 3.58. The van der Waals surface area contributed by atoms with Crippen molar-refractivity contribution in [1.29, 1.82) is 0 Å². The minimum atomic E-state index is -5.25. The molecule has 0 saturated carbocycles. The first kappa shape index (κ1) is 13.9. The van der Waals surface area contributed by atoms with Gasteiger partial charge in [-0.1, -0.05) is 0 Å². The zero-order valence-corrected chi connectivity index (χ0v) is 8.20. The van der Waals surface area contributed by atoms with Gasteiger partial charge in [0.05, 0.1) is 0 Å². The first-order valence-electron chi connectivity index (χ1n) is 4.13. The number of nitrogens with zero attached hydrogens (tertiary/aromatic N) is 1. The van der Waals surface area contributed by atoms with Crippen molar-refractivity contribution in [3.05, 3.63) is 17.5 Å². The minimum absolute atomic E-state index is 0.117. The maximum Gasteiger partial charge on any atom is 0.573 e. The van der Waals surface area contributed by atoms with Crippen LogP contribution < -0.4 is 4.74 Å². The van der Waals surface area contributed by atoms with E-state index in [1.165, 1.54) is 0 Å². The molecule has 1 rings (SSSR count). The predicted octanol–water partition coefficient (Wildman–Crippen LogP) is 2.32. The van der Waals surface area contributed by atoms with Crippen molar-refractivity contribution in [3.8, 4) is 11.5 Å². The molecule has 5 nitrogen and oxygen atoms in total. The van der Waals surface area contributed by atoms with Crippen LogP contribution in [0.15, 0.2) is 6.07 Å². The van der Waals surface area contributed by atoms with Crippen LogP contribution in [0.4, 0.5) is 22.0 Å². The van der Waals surface area contributed by atoms with Crippen LogP contribution in [0.5, 0.6) is 11.5 Å². The molecule has 0 unspecified atom stereocenters. The van der Waals surface area contributed by atoms with Crippen molar-refractivity contribution in [2.45, 2.75) is 12.8 Å². The van der Waals surface area contributed by atoms with Crippen molar-refractivity contribution in [2.24, 2.45) is 0 Å². The molecule has 0 aromatic carbocycles. The number of carboxylic acid groups (broad SMARTS) is 1. The fraction of sp³-hybridized carbons (Fsp3) is 0.250. The third-order valence-corrected chi connectivity index (χ3v) is 1.63. The maximum absolute atomic E-state index is 12.3. The van der Waals surface area contributed by atoms with Gasteiger partial charge in [-0.2, -0.15) is 0 Å². The highest BCUT2D eigenvalue weighted by atomic mass is 19.4. The van der Waals surface area contributed by atoms with Gasteiger partial charge in [-0.3, -0.25) is 0 Å². The van der Waals surface area contributed by atoms with Gasteiger partial charge in [0, 0.05) is 6.07 Å². The second-order valence-electron chi connectivity index (χ2n) is 2.89. The number of hydrogen-bond acceptors (Lipinski definition) is 4. The van der Waals surface area contributed by atoms with Crippen LogP contribution in [0, 0.1) is 0 Å². The molecule has 0 aliphatic heterocycles. The van der Waals surface area contributed by atoms with E-state index in [9.17, 15) is 26.7 Å². The van der Waals surface area contributed by atoms with Crippen molar-refractivity contribution >= 4 is 5.97 Å². The molecular weight excluding hydrogens is 269 g/mol. The molecule has 100 valence electrons. The first-order chi connectivity index (χ1) is 8.11. The normalized spacial score (nSPS) is 11.7. The topological polar surface area (TPSA) is 79.7 Å². The molecule has 0 amide bonds. The van der Waals surface area contributed by atoms with E-state index in [2.05, 4.69) is 9.72 Å². The smallest absolute Gasteiger partial charge is 0.506 e. The zero-order chi connectivity index (χ0) is 14.1. The van der Waals surface area contributed by atoms with Gasteiger partial charge in [0.25, 0.3) is 6.43 Å². The van der Waals surface area contributed by atoms with Gasteiger partial charge in [0.15, 0.2) is 11.4 Å². The summed E-state index contributed by atoms with van der Waals surface area (Å²) in [5, 5.41) is 17.5. The van der Waals surface area contributed by atoms with Crippen molar-refractivity contribution in [1.82, 2.24) is 4.98 Å². The largest absolute Gasteiger partial charge is 0.573 e. The lowest BCUT2D eigenvalue weighted by Gasteiger charge is -2.12. The van der Waals surface area contributed by atoms with Crippen LogP contribution in [-0.4, -0.2) is 27.5 Å². The van der Waals surface area contributed by atoms with Gasteiger partial charge >= 0.3 is 12.3 Å². The summed E-state index contributed by atoms with van der Waals surface area (Å²) in [6.07, 6.45) is -8.59. The summed E-state index contributed by atoms with van der Waals surface area (Å²) in [5.74, 6) is -4.68. The van der Waals surface area contributed by atoms with Gasteiger partial charge in [0.2, 0.25) is 0 Å². The van der Waals surface area contributed by atoms with E-state index < -0.39 is 41.6 Å². The number of pyridine rings is 1. The standard InChI is InChI=1S/C8H4F5NO4/c9-6(10)4-2(15)1-3(18-8(11,12)13)5(14-4)7(16)17/h1,6,15H,(H,16,17). The second-order valence-corrected chi connectivity index (χ2v) is 2.89. The van der Waals surface area contributed by atoms with Crippen LogP contribution in [0.3, 0.4) is 0 Å². The lowest BCUT2D eigenvalue weighted by atomic mass is 10.2. The highest BCUT2D eigenvalue weighted by Crippen LogP contribution is 2.34. The molecule has 0 atom stereocenters. The summed E-state index contributed by atoms with van der Waals surface area (Å²) in [6.45, 7) is 0. The first-order valence-corrected chi connectivity index (χ1v) is 4.13. The van der Waals surface area contributed by atoms with Crippen LogP contribution in [0.1, 0.15) is 22.6 Å². The van der Waals surface area contributed by atoms with Crippen LogP contribution in [-0.2, 0) is 0 Å². The number of halogens is 5. The van der Waals surface area contributed by atoms with Crippen LogP contribution in [0.25, 0.3) is 0 Å². The molecule has 1 aromatic rings. The zero-order valence-electron chi connectivity index (χ0n) is 8.20. The van der Waals surface area contributed by atoms with E-state index in [-0.39, 0.29) is 6.07 Å². The number of aromatic hydroxyl groups is 1. The van der Waals surface area contributed by atoms with Crippen LogP contribution >= 0.6 is 0 Å². The van der Waals surface area contributed by atoms with Crippen molar-refractivity contribution < 1.29 is 41.7 Å². The number of hydrogen-bond donors (Lipinski definition) is 2. The van der Waals surface area contributed by atoms with E-state index in [1.54, 1.807) is 0 Å². The highest BCUT2D eigenvalue weighted by Gasteiger charge is 2.34. The molecular formula is C8H4F5NO4. The molecule has 10 heteroatoms. The Morgan fingerprint density at radius 3 is 2.33 bits per heavy atom. The van der Waals surface area contributed by atoms with Gasteiger partial charge in [-0.15, -0.1) is 13.2 Å². The lowest BCUT2D eigenvalue weighted by molar-refractivity contribution is -0.274. The van der Waals surface area contributed by atoms with E-state index in [0.717, 1.165) is 0 Å². The molecule has 18 heavy (non-hydrogen) atoms. The van der Waals surface area contributed by atoms with E-state index in [1.807, 2.05) is 0 Å². The Labute approximate surface area is 95.4 Å². The fourth-order valence-corrected chi connectivity index (χ4v) is 1.02. The highest BCUT2D eigenvalue weighted by molar-refractivity contribution is 5.88. The molecule has 1 heterocycles. The minimum Gasteiger partial charge on any atom is -0.506 e.